The predicted molar refractivity (Wildman–Crippen MR) is 98.6 cm³/mol. The number of anilines is 1. The van der Waals surface area contributed by atoms with Crippen LogP contribution < -0.4 is 4.90 Å². The molecule has 4 rings (SSSR count). The highest BCUT2D eigenvalue weighted by molar-refractivity contribution is 9.10. The van der Waals surface area contributed by atoms with E-state index in [-0.39, 0.29) is 11.8 Å². The van der Waals surface area contributed by atoms with Crippen molar-refractivity contribution in [3.05, 3.63) is 75.8 Å². The van der Waals surface area contributed by atoms with Crippen molar-refractivity contribution in [2.45, 2.75) is 13.3 Å². The summed E-state index contributed by atoms with van der Waals surface area (Å²) in [6, 6.07) is 16.8. The van der Waals surface area contributed by atoms with E-state index in [9.17, 15) is 9.59 Å². The van der Waals surface area contributed by atoms with Crippen molar-refractivity contribution >= 4 is 44.2 Å². The van der Waals surface area contributed by atoms with Crippen LogP contribution >= 0.6 is 15.9 Å². The first kappa shape index (κ1) is 15.1. The molecule has 3 aromatic carbocycles. The van der Waals surface area contributed by atoms with Gasteiger partial charge in [0.15, 0.2) is 0 Å². The Hall–Kier alpha value is -2.46. The van der Waals surface area contributed by atoms with Crippen molar-refractivity contribution in [1.29, 1.82) is 0 Å². The molecule has 0 saturated heterocycles. The first-order valence-electron chi connectivity index (χ1n) is 7.81. The van der Waals surface area contributed by atoms with Gasteiger partial charge in [0.2, 0.25) is 0 Å². The molecule has 24 heavy (non-hydrogen) atoms. The lowest BCUT2D eigenvalue weighted by molar-refractivity contribution is 0.0893. The van der Waals surface area contributed by atoms with Crippen molar-refractivity contribution in [2.24, 2.45) is 0 Å². The summed E-state index contributed by atoms with van der Waals surface area (Å²) in [6.07, 6.45) is 0.755. The maximum atomic E-state index is 13.1. The summed E-state index contributed by atoms with van der Waals surface area (Å²) in [7, 11) is 0. The summed E-state index contributed by atoms with van der Waals surface area (Å²) in [5.41, 5.74) is 2.77. The van der Waals surface area contributed by atoms with Crippen LogP contribution in [0, 0.1) is 0 Å². The lowest BCUT2D eigenvalue weighted by Gasteiger charge is -2.28. The van der Waals surface area contributed by atoms with Crippen molar-refractivity contribution in [3.63, 3.8) is 0 Å². The van der Waals surface area contributed by atoms with Gasteiger partial charge in [-0.25, -0.2) is 4.90 Å². The maximum absolute atomic E-state index is 13.1. The summed E-state index contributed by atoms with van der Waals surface area (Å²) in [4.78, 5) is 27.5. The first-order valence-corrected chi connectivity index (χ1v) is 8.60. The molecule has 2 amide bonds. The Morgan fingerprint density at radius 3 is 2.33 bits per heavy atom. The zero-order chi connectivity index (χ0) is 16.8. The number of imide groups is 1. The lowest BCUT2D eigenvalue weighted by Crippen LogP contribution is -2.41. The molecule has 1 aliphatic heterocycles. The van der Waals surface area contributed by atoms with Gasteiger partial charge in [-0.1, -0.05) is 53.2 Å². The number of rotatable bonds is 2. The second-order valence-corrected chi connectivity index (χ2v) is 6.61. The van der Waals surface area contributed by atoms with E-state index in [0.717, 1.165) is 27.2 Å². The fourth-order valence-corrected chi connectivity index (χ4v) is 3.77. The number of carbonyl (C=O) groups excluding carboxylic acids is 2. The van der Waals surface area contributed by atoms with Gasteiger partial charge in [0.1, 0.15) is 0 Å². The van der Waals surface area contributed by atoms with Crippen LogP contribution in [0.2, 0.25) is 0 Å². The van der Waals surface area contributed by atoms with Gasteiger partial charge in [-0.3, -0.25) is 9.59 Å². The second kappa shape index (κ2) is 5.56. The molecule has 0 fully saturated rings. The SMILES string of the molecule is CCc1ccccc1N1C(=O)c2cccc3c(Br)ccc(c23)C1=O. The number of hydrogen-bond donors (Lipinski definition) is 0. The number of amides is 2. The third-order valence-electron chi connectivity index (χ3n) is 4.47. The highest BCUT2D eigenvalue weighted by Gasteiger charge is 2.34. The van der Waals surface area contributed by atoms with E-state index >= 15 is 0 Å². The maximum Gasteiger partial charge on any atom is 0.265 e. The Morgan fingerprint density at radius 2 is 1.58 bits per heavy atom. The zero-order valence-corrected chi connectivity index (χ0v) is 14.6. The molecule has 4 heteroatoms. The minimum Gasteiger partial charge on any atom is -0.268 e. The van der Waals surface area contributed by atoms with Gasteiger partial charge >= 0.3 is 0 Å². The van der Waals surface area contributed by atoms with Crippen molar-refractivity contribution in [3.8, 4) is 0 Å². The largest absolute Gasteiger partial charge is 0.268 e. The molecule has 0 bridgehead atoms. The van der Waals surface area contributed by atoms with Crippen molar-refractivity contribution in [2.75, 3.05) is 4.90 Å². The molecule has 1 heterocycles. The summed E-state index contributed by atoms with van der Waals surface area (Å²) >= 11 is 3.50. The molecule has 0 unspecified atom stereocenters. The average molecular weight is 380 g/mol. The van der Waals surface area contributed by atoms with E-state index < -0.39 is 0 Å². The number of carbonyl (C=O) groups is 2. The Bertz CT molecular complexity index is 987. The van der Waals surface area contributed by atoms with Crippen LogP contribution in [0.5, 0.6) is 0 Å². The standard InChI is InChI=1S/C20H14BrNO2/c1-2-12-6-3-4-9-17(12)22-19(23)14-8-5-7-13-16(21)11-10-15(18(13)14)20(22)24/h3-11H,2H2,1H3. The molecule has 0 N–H and O–H groups in total. The minimum atomic E-state index is -0.267. The Balaban J connectivity index is 2.01. The lowest BCUT2D eigenvalue weighted by atomic mass is 9.93. The van der Waals surface area contributed by atoms with Crippen molar-refractivity contribution < 1.29 is 9.59 Å². The predicted octanol–water partition coefficient (Wildman–Crippen LogP) is 4.97. The van der Waals surface area contributed by atoms with Crippen LogP contribution in [0.25, 0.3) is 10.8 Å². The smallest absolute Gasteiger partial charge is 0.265 e. The van der Waals surface area contributed by atoms with Crippen LogP contribution in [0.1, 0.15) is 33.2 Å². The van der Waals surface area contributed by atoms with E-state index in [1.165, 1.54) is 4.90 Å². The van der Waals surface area contributed by atoms with E-state index in [0.29, 0.717) is 16.8 Å². The number of nitrogens with zero attached hydrogens (tertiary/aromatic N) is 1. The topological polar surface area (TPSA) is 37.4 Å². The summed E-state index contributed by atoms with van der Waals surface area (Å²) in [5.74, 6) is -0.533. The number of aryl methyl sites for hydroxylation is 1. The Morgan fingerprint density at radius 1 is 0.875 bits per heavy atom. The minimum absolute atomic E-state index is 0.267. The van der Waals surface area contributed by atoms with E-state index in [1.54, 1.807) is 12.1 Å². The number of halogens is 1. The molecule has 3 aromatic rings. The number of benzene rings is 3. The van der Waals surface area contributed by atoms with Gasteiger partial charge in [0.05, 0.1) is 5.69 Å². The molecule has 1 aliphatic rings. The third kappa shape index (κ3) is 2.03. The van der Waals surface area contributed by atoms with Gasteiger partial charge in [-0.15, -0.1) is 0 Å². The van der Waals surface area contributed by atoms with Crippen LogP contribution in [0.3, 0.4) is 0 Å². The summed E-state index contributed by atoms with van der Waals surface area (Å²) in [6.45, 7) is 2.02. The molecule has 0 radical (unpaired) electrons. The third-order valence-corrected chi connectivity index (χ3v) is 5.16. The van der Waals surface area contributed by atoms with E-state index in [4.69, 9.17) is 0 Å². The van der Waals surface area contributed by atoms with Gasteiger partial charge < -0.3 is 0 Å². The van der Waals surface area contributed by atoms with Crippen LogP contribution in [-0.4, -0.2) is 11.8 Å². The zero-order valence-electron chi connectivity index (χ0n) is 13.0. The van der Waals surface area contributed by atoms with E-state index in [1.807, 2.05) is 49.4 Å². The second-order valence-electron chi connectivity index (χ2n) is 5.75. The summed E-state index contributed by atoms with van der Waals surface area (Å²) < 4.78 is 0.881. The number of hydrogen-bond acceptors (Lipinski definition) is 2. The van der Waals surface area contributed by atoms with Gasteiger partial charge in [-0.2, -0.15) is 0 Å². The molecule has 0 saturated carbocycles. The fourth-order valence-electron chi connectivity index (χ4n) is 3.31. The highest BCUT2D eigenvalue weighted by Crippen LogP contribution is 2.36. The van der Waals surface area contributed by atoms with E-state index in [2.05, 4.69) is 15.9 Å². The van der Waals surface area contributed by atoms with Gasteiger partial charge in [0.25, 0.3) is 11.8 Å². The van der Waals surface area contributed by atoms with Crippen molar-refractivity contribution in [1.82, 2.24) is 0 Å². The Kier molecular flexibility index (Phi) is 3.50. The average Bonchev–Trinajstić information content (AvgIpc) is 2.61. The molecule has 0 spiro atoms. The molecule has 3 nitrogen and oxygen atoms in total. The fraction of sp³-hybridized carbons (Fsp3) is 0.100. The Labute approximate surface area is 148 Å². The molecule has 0 aliphatic carbocycles. The highest BCUT2D eigenvalue weighted by atomic mass is 79.9. The van der Waals surface area contributed by atoms with Crippen LogP contribution in [0.4, 0.5) is 5.69 Å². The molecular weight excluding hydrogens is 366 g/mol. The normalized spacial score (nSPS) is 13.7. The molecular formula is C20H14BrNO2. The quantitative estimate of drug-likeness (QED) is 0.589. The molecule has 0 aromatic heterocycles. The van der Waals surface area contributed by atoms with Gasteiger partial charge in [0, 0.05) is 21.0 Å². The first-order chi connectivity index (χ1) is 11.6. The molecule has 0 atom stereocenters. The molecule has 118 valence electrons. The summed E-state index contributed by atoms with van der Waals surface area (Å²) in [5, 5.41) is 1.61. The number of para-hydroxylation sites is 1. The van der Waals surface area contributed by atoms with Gasteiger partial charge in [-0.05, 0) is 41.6 Å². The monoisotopic (exact) mass is 379 g/mol. The van der Waals surface area contributed by atoms with Crippen LogP contribution in [0.15, 0.2) is 59.1 Å². The van der Waals surface area contributed by atoms with Crippen LogP contribution in [-0.2, 0) is 6.42 Å².